The number of hydrogen-bond acceptors (Lipinski definition) is 5. The second-order valence-corrected chi connectivity index (χ2v) is 8.53. The first-order valence-electron chi connectivity index (χ1n) is 8.20. The van der Waals surface area contributed by atoms with E-state index >= 15 is 0 Å². The van der Waals surface area contributed by atoms with Crippen LogP contribution in [0.15, 0.2) is 59.2 Å². The molecule has 0 bridgehead atoms. The van der Waals surface area contributed by atoms with Gasteiger partial charge in [0.25, 0.3) is 0 Å². The number of benzene rings is 2. The minimum Gasteiger partial charge on any atom is -0.490 e. The highest BCUT2D eigenvalue weighted by Gasteiger charge is 2.42. The Hall–Kier alpha value is -2.74. The van der Waals surface area contributed by atoms with E-state index in [1.165, 1.54) is 31.4 Å². The molecule has 2 aromatic rings. The molecule has 28 heavy (non-hydrogen) atoms. The van der Waals surface area contributed by atoms with Gasteiger partial charge in [-0.05, 0) is 43.7 Å². The number of sulfone groups is 1. The molecular formula is C20H20F2O5S. The number of methoxy groups -OCH3 is 1. The molecule has 0 spiro atoms. The number of ether oxygens (including phenoxy) is 2. The summed E-state index contributed by atoms with van der Waals surface area (Å²) in [4.78, 5) is 12.0. The number of carbonyl (C=O) groups excluding carboxylic acids is 1. The summed E-state index contributed by atoms with van der Waals surface area (Å²) in [5.41, 5.74) is 0.504. The van der Waals surface area contributed by atoms with Crippen LogP contribution in [0.2, 0.25) is 0 Å². The number of cyclic esters (lactones) is 1. The summed E-state index contributed by atoms with van der Waals surface area (Å²) in [5.74, 6) is -1.96. The second kappa shape index (κ2) is 8.10. The van der Waals surface area contributed by atoms with Crippen LogP contribution in [0, 0.1) is 11.6 Å². The van der Waals surface area contributed by atoms with Crippen LogP contribution in [0.5, 0.6) is 0 Å². The zero-order valence-electron chi connectivity index (χ0n) is 15.8. The Morgan fingerprint density at radius 1 is 0.964 bits per heavy atom. The maximum absolute atomic E-state index is 11.9. The molecule has 8 heteroatoms. The van der Waals surface area contributed by atoms with Crippen molar-refractivity contribution in [2.45, 2.75) is 24.3 Å². The first-order valence-corrected chi connectivity index (χ1v) is 10.1. The Morgan fingerprint density at radius 2 is 1.46 bits per heavy atom. The molecule has 1 aliphatic heterocycles. The van der Waals surface area contributed by atoms with Gasteiger partial charge in [0.2, 0.25) is 5.76 Å². The van der Waals surface area contributed by atoms with Crippen molar-refractivity contribution in [3.8, 4) is 0 Å². The van der Waals surface area contributed by atoms with Gasteiger partial charge in [0, 0.05) is 6.26 Å². The zero-order chi connectivity index (χ0) is 21.1. The van der Waals surface area contributed by atoms with E-state index in [1.54, 1.807) is 26.0 Å². The first-order chi connectivity index (χ1) is 13.0. The summed E-state index contributed by atoms with van der Waals surface area (Å²) >= 11 is 0. The molecule has 0 fully saturated rings. The van der Waals surface area contributed by atoms with Gasteiger partial charge in [0.15, 0.2) is 21.5 Å². The highest BCUT2D eigenvalue weighted by atomic mass is 32.2. The average Bonchev–Trinajstić information content (AvgIpc) is 2.85. The molecule has 0 saturated heterocycles. The van der Waals surface area contributed by atoms with Crippen molar-refractivity contribution in [1.29, 1.82) is 0 Å². The lowest BCUT2D eigenvalue weighted by Gasteiger charge is -2.21. The van der Waals surface area contributed by atoms with Crippen molar-refractivity contribution in [2.75, 3.05) is 13.4 Å². The minimum atomic E-state index is -3.25. The quantitative estimate of drug-likeness (QED) is 0.721. The molecule has 0 unspecified atom stereocenters. The third kappa shape index (κ3) is 4.75. The van der Waals surface area contributed by atoms with E-state index in [-0.39, 0.29) is 10.7 Å². The Balaban J connectivity index is 0.000000292. The molecule has 0 aromatic heterocycles. The number of rotatable bonds is 3. The van der Waals surface area contributed by atoms with Crippen LogP contribution in [0.25, 0.3) is 5.57 Å². The largest absolute Gasteiger partial charge is 0.490 e. The van der Waals surface area contributed by atoms with Crippen LogP contribution >= 0.6 is 0 Å². The van der Waals surface area contributed by atoms with Crippen LogP contribution in [-0.2, 0) is 24.1 Å². The van der Waals surface area contributed by atoms with Crippen LogP contribution in [0.4, 0.5) is 8.78 Å². The van der Waals surface area contributed by atoms with Gasteiger partial charge in [-0.25, -0.2) is 22.0 Å². The molecule has 1 aliphatic rings. The van der Waals surface area contributed by atoms with Crippen molar-refractivity contribution in [1.82, 2.24) is 0 Å². The van der Waals surface area contributed by atoms with E-state index < -0.39 is 33.0 Å². The van der Waals surface area contributed by atoms with E-state index in [0.717, 1.165) is 18.4 Å². The van der Waals surface area contributed by atoms with E-state index in [2.05, 4.69) is 0 Å². The summed E-state index contributed by atoms with van der Waals surface area (Å²) in [6.45, 7) is 3.52. The number of carbonyl (C=O) groups is 1. The van der Waals surface area contributed by atoms with Crippen LogP contribution in [0.1, 0.15) is 19.4 Å². The average molecular weight is 410 g/mol. The number of halogens is 2. The molecule has 0 aliphatic carbocycles. The number of hydrogen-bond donors (Lipinski definition) is 0. The van der Waals surface area contributed by atoms with Crippen molar-refractivity contribution >= 4 is 21.4 Å². The fraction of sp³-hybridized carbons (Fsp3) is 0.250. The van der Waals surface area contributed by atoms with Gasteiger partial charge in [0.05, 0.1) is 17.6 Å². The predicted octanol–water partition coefficient (Wildman–Crippen LogP) is 3.75. The van der Waals surface area contributed by atoms with Gasteiger partial charge < -0.3 is 9.47 Å². The van der Waals surface area contributed by atoms with Crippen LogP contribution in [-0.4, -0.2) is 33.4 Å². The Morgan fingerprint density at radius 3 is 1.86 bits per heavy atom. The lowest BCUT2D eigenvalue weighted by molar-refractivity contribution is -0.146. The molecule has 3 rings (SSSR count). The standard InChI is InChI=1S/C14H16O5S.C6H4F2/c1-14(2)11(12(18-3)13(15)19-14)9-5-7-10(8-6-9)20(4,16)17;7-5-3-1-2-4-6(5)8/h5-8H,1-4H3;1-4H. The first kappa shape index (κ1) is 21.6. The zero-order valence-corrected chi connectivity index (χ0v) is 16.6. The lowest BCUT2D eigenvalue weighted by atomic mass is 9.92. The maximum atomic E-state index is 11.9. The van der Waals surface area contributed by atoms with Crippen LogP contribution in [0.3, 0.4) is 0 Å². The second-order valence-electron chi connectivity index (χ2n) is 6.52. The smallest absolute Gasteiger partial charge is 0.374 e. The fourth-order valence-corrected chi connectivity index (χ4v) is 3.31. The Kier molecular flexibility index (Phi) is 6.23. The molecule has 0 atom stereocenters. The van der Waals surface area contributed by atoms with Gasteiger partial charge >= 0.3 is 5.97 Å². The predicted molar refractivity (Wildman–Crippen MR) is 100 cm³/mol. The Labute approximate surface area is 162 Å². The molecule has 0 N–H and O–H groups in total. The van der Waals surface area contributed by atoms with Gasteiger partial charge in [-0.15, -0.1) is 0 Å². The van der Waals surface area contributed by atoms with Crippen LogP contribution < -0.4 is 0 Å². The highest BCUT2D eigenvalue weighted by molar-refractivity contribution is 7.90. The van der Waals surface area contributed by atoms with Crippen molar-refractivity contribution in [2.24, 2.45) is 0 Å². The molecule has 5 nitrogen and oxygen atoms in total. The molecule has 150 valence electrons. The summed E-state index contributed by atoms with van der Waals surface area (Å²) in [5, 5.41) is 0. The molecule has 0 amide bonds. The van der Waals surface area contributed by atoms with Gasteiger partial charge in [-0.3, -0.25) is 0 Å². The maximum Gasteiger partial charge on any atom is 0.374 e. The van der Waals surface area contributed by atoms with E-state index in [0.29, 0.717) is 11.1 Å². The molecule has 2 aromatic carbocycles. The summed E-state index contributed by atoms with van der Waals surface area (Å²) in [6.07, 6.45) is 1.15. The van der Waals surface area contributed by atoms with Gasteiger partial charge in [-0.1, -0.05) is 24.3 Å². The monoisotopic (exact) mass is 410 g/mol. The van der Waals surface area contributed by atoms with Crippen molar-refractivity contribution in [3.63, 3.8) is 0 Å². The third-order valence-electron chi connectivity index (χ3n) is 3.96. The minimum absolute atomic E-state index is 0.155. The topological polar surface area (TPSA) is 69.7 Å². The van der Waals surface area contributed by atoms with Crippen molar-refractivity contribution < 1.29 is 31.5 Å². The SMILES string of the molecule is COC1=C(c2ccc(S(C)(=O)=O)cc2)C(C)(C)OC1=O.Fc1ccccc1F. The van der Waals surface area contributed by atoms with E-state index in [9.17, 15) is 22.0 Å². The lowest BCUT2D eigenvalue weighted by Crippen LogP contribution is -2.22. The molecule has 0 radical (unpaired) electrons. The van der Waals surface area contributed by atoms with E-state index in [1.807, 2.05) is 0 Å². The van der Waals surface area contributed by atoms with Crippen molar-refractivity contribution in [3.05, 3.63) is 71.5 Å². The fourth-order valence-electron chi connectivity index (χ4n) is 2.68. The summed E-state index contributed by atoms with van der Waals surface area (Å²) in [7, 11) is -1.84. The van der Waals surface area contributed by atoms with Gasteiger partial charge in [-0.2, -0.15) is 0 Å². The molecular weight excluding hydrogens is 390 g/mol. The Bertz CT molecular complexity index is 988. The third-order valence-corrected chi connectivity index (χ3v) is 5.09. The number of esters is 1. The normalized spacial score (nSPS) is 15.6. The van der Waals surface area contributed by atoms with Gasteiger partial charge in [0.1, 0.15) is 5.60 Å². The molecule has 1 heterocycles. The molecule has 0 saturated carbocycles. The summed E-state index contributed by atoms with van der Waals surface area (Å²) < 4.78 is 57.2. The summed E-state index contributed by atoms with van der Waals surface area (Å²) in [6, 6.07) is 11.3. The highest BCUT2D eigenvalue weighted by Crippen LogP contribution is 2.39. The van der Waals surface area contributed by atoms with E-state index in [4.69, 9.17) is 9.47 Å².